The summed E-state index contributed by atoms with van der Waals surface area (Å²) in [6, 6.07) is 0. The maximum absolute atomic E-state index is 10.5. The number of carboxylic acid groups (broad SMARTS) is 1. The monoisotopic (exact) mass is 273 g/mol. The first kappa shape index (κ1) is 18.6. The average Bonchev–Trinajstić information content (AvgIpc) is 2.14. The minimum Gasteiger partial charge on any atom is -0.481 e. The normalized spacial score (nSPS) is 12.5. The minimum absolute atomic E-state index is 0.0560. The number of hydrogen-bond acceptors (Lipinski definition) is 5. The number of aliphatic carboxylic acids is 1. The molecule has 0 spiro atoms. The van der Waals surface area contributed by atoms with Crippen LogP contribution < -0.4 is 5.73 Å². The molecular weight excluding hydrogens is 254 g/mol. The van der Waals surface area contributed by atoms with E-state index in [0.717, 1.165) is 12.8 Å². The Hall–Kier alpha value is -0.740. The van der Waals surface area contributed by atoms with Crippen LogP contribution in [0.3, 0.4) is 0 Å². The number of unbranched alkanes of at least 4 members (excludes halogenated alkanes) is 1. The second kappa shape index (κ2) is 10.4. The number of aliphatic hydroxyl groups excluding tert-OH is 1. The first-order chi connectivity index (χ1) is 7.72. The van der Waals surface area contributed by atoms with Crippen molar-refractivity contribution in [2.24, 2.45) is 11.7 Å². The third kappa shape index (κ3) is 21.2. The highest BCUT2D eigenvalue weighted by Crippen LogP contribution is 2.12. The van der Waals surface area contributed by atoms with Gasteiger partial charge >= 0.3 is 16.4 Å². The molecule has 0 aromatic carbocycles. The molecule has 0 aromatic rings. The van der Waals surface area contributed by atoms with Crippen molar-refractivity contribution < 1.29 is 32.5 Å². The fourth-order valence-corrected chi connectivity index (χ4v) is 1.08. The second-order valence-corrected chi connectivity index (χ2v) is 4.18. The Labute approximate surface area is 100 Å². The van der Waals surface area contributed by atoms with Crippen molar-refractivity contribution in [1.29, 1.82) is 0 Å². The molecule has 0 saturated heterocycles. The summed E-state index contributed by atoms with van der Waals surface area (Å²) >= 11 is 0. The lowest BCUT2D eigenvalue weighted by Gasteiger charge is -2.09. The van der Waals surface area contributed by atoms with Crippen LogP contribution in [0.5, 0.6) is 0 Å². The van der Waals surface area contributed by atoms with Gasteiger partial charge < -0.3 is 15.9 Å². The Morgan fingerprint density at radius 3 is 1.94 bits per heavy atom. The fourth-order valence-electron chi connectivity index (χ4n) is 1.08. The van der Waals surface area contributed by atoms with Gasteiger partial charge in [-0.1, -0.05) is 6.42 Å². The van der Waals surface area contributed by atoms with Crippen LogP contribution in [0.4, 0.5) is 0 Å². The van der Waals surface area contributed by atoms with Crippen LogP contribution in [-0.2, 0) is 15.2 Å². The van der Waals surface area contributed by atoms with Gasteiger partial charge in [0, 0.05) is 6.61 Å². The maximum atomic E-state index is 10.5. The Morgan fingerprint density at radius 1 is 1.18 bits per heavy atom. The highest BCUT2D eigenvalue weighted by atomic mass is 32.3. The molecule has 17 heavy (non-hydrogen) atoms. The Bertz CT molecular complexity index is 282. The van der Waals surface area contributed by atoms with Gasteiger partial charge in [0.2, 0.25) is 0 Å². The van der Waals surface area contributed by atoms with E-state index in [2.05, 4.69) is 0 Å². The topological polar surface area (TPSA) is 158 Å². The third-order valence-electron chi connectivity index (χ3n) is 1.83. The van der Waals surface area contributed by atoms with Crippen molar-refractivity contribution in [2.75, 3.05) is 13.2 Å². The molecule has 0 amide bonds. The number of rotatable bonds is 7. The predicted molar refractivity (Wildman–Crippen MR) is 59.9 cm³/mol. The van der Waals surface area contributed by atoms with Crippen LogP contribution in [-0.4, -0.2) is 46.9 Å². The highest BCUT2D eigenvalue weighted by Gasteiger charge is 2.15. The van der Waals surface area contributed by atoms with Crippen molar-refractivity contribution in [3.63, 3.8) is 0 Å². The molecule has 0 fully saturated rings. The van der Waals surface area contributed by atoms with Gasteiger partial charge in [-0.3, -0.25) is 13.9 Å². The molecule has 0 aliphatic rings. The van der Waals surface area contributed by atoms with Crippen LogP contribution >= 0.6 is 0 Å². The van der Waals surface area contributed by atoms with E-state index < -0.39 is 22.3 Å². The molecular formula is C8H19NO7S. The Kier molecular flexibility index (Phi) is 11.4. The number of carboxylic acids is 1. The molecule has 0 saturated carbocycles. The van der Waals surface area contributed by atoms with Crippen LogP contribution in [0.1, 0.15) is 25.7 Å². The number of aliphatic hydroxyl groups is 1. The first-order valence-electron chi connectivity index (χ1n) is 4.96. The van der Waals surface area contributed by atoms with Crippen LogP contribution in [0.25, 0.3) is 0 Å². The van der Waals surface area contributed by atoms with Crippen LogP contribution in [0.2, 0.25) is 0 Å². The lowest BCUT2D eigenvalue weighted by molar-refractivity contribution is -0.142. The first-order valence-corrected chi connectivity index (χ1v) is 6.35. The zero-order valence-corrected chi connectivity index (χ0v) is 10.1. The van der Waals surface area contributed by atoms with Crippen molar-refractivity contribution in [1.82, 2.24) is 0 Å². The highest BCUT2D eigenvalue weighted by molar-refractivity contribution is 7.79. The van der Waals surface area contributed by atoms with Crippen molar-refractivity contribution >= 4 is 16.4 Å². The summed E-state index contributed by atoms with van der Waals surface area (Å²) in [5.74, 6) is -1.22. The fraction of sp³-hybridized carbons (Fsp3) is 0.875. The molecule has 0 aromatic heterocycles. The van der Waals surface area contributed by atoms with E-state index in [9.17, 15) is 4.79 Å². The lowest BCUT2D eigenvalue weighted by atomic mass is 9.99. The third-order valence-corrected chi connectivity index (χ3v) is 1.83. The summed E-state index contributed by atoms with van der Waals surface area (Å²) in [5.41, 5.74) is 5.27. The van der Waals surface area contributed by atoms with Gasteiger partial charge in [0.15, 0.2) is 0 Å². The zero-order chi connectivity index (χ0) is 13.9. The van der Waals surface area contributed by atoms with Gasteiger partial charge in [0.1, 0.15) is 0 Å². The average molecular weight is 273 g/mol. The van der Waals surface area contributed by atoms with E-state index in [1.54, 1.807) is 0 Å². The van der Waals surface area contributed by atoms with Gasteiger partial charge in [-0.25, -0.2) is 0 Å². The summed E-state index contributed by atoms with van der Waals surface area (Å²) in [7, 11) is -4.67. The van der Waals surface area contributed by atoms with Gasteiger partial charge in [-0.2, -0.15) is 8.42 Å². The summed E-state index contributed by atoms with van der Waals surface area (Å²) in [5, 5.41) is 17.2. The lowest BCUT2D eigenvalue weighted by Crippen LogP contribution is -2.15. The summed E-state index contributed by atoms with van der Waals surface area (Å²) in [6.45, 7) is 0.547. The number of hydrogen-bond donors (Lipinski definition) is 5. The van der Waals surface area contributed by atoms with Gasteiger partial charge in [-0.05, 0) is 25.8 Å². The van der Waals surface area contributed by atoms with E-state index >= 15 is 0 Å². The molecule has 1 unspecified atom stereocenters. The standard InChI is InChI=1S/C8H17NO3.H2O4S/c9-5-2-1-3-7(4-6-10)8(11)12;1-5(2,3)4/h7,10H,1-6,9H2,(H,11,12);(H2,1,2,3,4). The number of carbonyl (C=O) groups is 1. The van der Waals surface area contributed by atoms with Crippen LogP contribution in [0.15, 0.2) is 0 Å². The Balaban J connectivity index is 0. The largest absolute Gasteiger partial charge is 0.481 e. The van der Waals surface area contributed by atoms with Gasteiger partial charge in [0.25, 0.3) is 0 Å². The van der Waals surface area contributed by atoms with E-state index in [1.807, 2.05) is 0 Å². The minimum atomic E-state index is -4.67. The van der Waals surface area contributed by atoms with Crippen molar-refractivity contribution in [2.45, 2.75) is 25.7 Å². The zero-order valence-electron chi connectivity index (χ0n) is 9.32. The van der Waals surface area contributed by atoms with E-state index in [1.165, 1.54) is 0 Å². The van der Waals surface area contributed by atoms with Crippen molar-refractivity contribution in [3.05, 3.63) is 0 Å². The molecule has 0 bridgehead atoms. The molecule has 0 aliphatic heterocycles. The molecule has 104 valence electrons. The predicted octanol–water partition coefficient (Wildman–Crippen LogP) is -0.454. The molecule has 9 heteroatoms. The molecule has 1 atom stereocenters. The van der Waals surface area contributed by atoms with Gasteiger partial charge in [-0.15, -0.1) is 0 Å². The maximum Gasteiger partial charge on any atom is 0.394 e. The Morgan fingerprint density at radius 2 is 1.65 bits per heavy atom. The SMILES string of the molecule is NCCCCC(CCO)C(=O)O.O=S(=O)(O)O. The van der Waals surface area contributed by atoms with E-state index in [-0.39, 0.29) is 6.61 Å². The molecule has 8 nitrogen and oxygen atoms in total. The molecule has 0 radical (unpaired) electrons. The molecule has 0 rings (SSSR count). The summed E-state index contributed by atoms with van der Waals surface area (Å²) in [6.07, 6.45) is 2.65. The summed E-state index contributed by atoms with van der Waals surface area (Å²) < 4.78 is 31.6. The molecule has 0 aliphatic carbocycles. The second-order valence-electron chi connectivity index (χ2n) is 3.28. The van der Waals surface area contributed by atoms with E-state index in [0.29, 0.717) is 19.4 Å². The van der Waals surface area contributed by atoms with Crippen LogP contribution in [0, 0.1) is 5.92 Å². The quantitative estimate of drug-likeness (QED) is 0.308. The molecule has 6 N–H and O–H groups in total. The van der Waals surface area contributed by atoms with Gasteiger partial charge in [0.05, 0.1) is 5.92 Å². The van der Waals surface area contributed by atoms with Crippen molar-refractivity contribution in [3.8, 4) is 0 Å². The van der Waals surface area contributed by atoms with E-state index in [4.69, 9.17) is 33.5 Å². The number of nitrogens with two attached hydrogens (primary N) is 1. The molecule has 0 heterocycles. The smallest absolute Gasteiger partial charge is 0.394 e. The summed E-state index contributed by atoms with van der Waals surface area (Å²) in [4.78, 5) is 10.5.